The molecule has 166 valence electrons. The molecule has 1 aromatic heterocycles. The van der Waals surface area contributed by atoms with Gasteiger partial charge in [-0.05, 0) is 55.7 Å². The Hall–Kier alpha value is -3.17. The Labute approximate surface area is 194 Å². The summed E-state index contributed by atoms with van der Waals surface area (Å²) < 4.78 is 5.35. The topological polar surface area (TPSA) is 96.4 Å². The van der Waals surface area contributed by atoms with Crippen molar-refractivity contribution in [2.75, 3.05) is 24.3 Å². The van der Waals surface area contributed by atoms with Gasteiger partial charge in [-0.1, -0.05) is 35.1 Å². The first-order chi connectivity index (χ1) is 15.4. The fraction of sp³-hybridized carbons (Fsp3) is 0.273. The molecule has 0 aliphatic carbocycles. The summed E-state index contributed by atoms with van der Waals surface area (Å²) in [7, 11) is 1.57. The van der Waals surface area contributed by atoms with Crippen molar-refractivity contribution in [3.8, 4) is 5.75 Å². The molecule has 0 radical (unpaired) electrons. The minimum absolute atomic E-state index is 0.229. The number of nitrogens with zero attached hydrogens (tertiary/aromatic N) is 3. The molecular formula is C22H22ClN5O3S. The average Bonchev–Trinajstić information content (AvgIpc) is 3.43. The van der Waals surface area contributed by atoms with Crippen LogP contribution in [0.2, 0.25) is 5.02 Å². The maximum absolute atomic E-state index is 13.0. The van der Waals surface area contributed by atoms with Crippen LogP contribution in [-0.4, -0.2) is 40.7 Å². The fourth-order valence-corrected chi connectivity index (χ4v) is 4.66. The third-order valence-electron chi connectivity index (χ3n) is 5.11. The van der Waals surface area contributed by atoms with E-state index >= 15 is 0 Å². The Bertz CT molecular complexity index is 1150. The Balaban J connectivity index is 1.47. The molecule has 3 amide bonds. The molecule has 0 saturated carbocycles. The van der Waals surface area contributed by atoms with E-state index in [0.717, 1.165) is 18.4 Å². The fourth-order valence-electron chi connectivity index (χ4n) is 3.58. The summed E-state index contributed by atoms with van der Waals surface area (Å²) in [6.07, 6.45) is 1.59. The minimum Gasteiger partial charge on any atom is -0.495 e. The van der Waals surface area contributed by atoms with Crippen LogP contribution in [0.5, 0.6) is 5.75 Å². The monoisotopic (exact) mass is 471 g/mol. The van der Waals surface area contributed by atoms with E-state index in [1.165, 1.54) is 11.3 Å². The summed E-state index contributed by atoms with van der Waals surface area (Å²) in [5.41, 5.74) is 2.20. The van der Waals surface area contributed by atoms with Crippen molar-refractivity contribution in [2.24, 2.45) is 0 Å². The Kier molecular flexibility index (Phi) is 6.57. The van der Waals surface area contributed by atoms with Crippen molar-refractivity contribution >= 4 is 46.3 Å². The van der Waals surface area contributed by atoms with Crippen LogP contribution >= 0.6 is 22.9 Å². The number of ether oxygens (including phenoxy) is 1. The highest BCUT2D eigenvalue weighted by Crippen LogP contribution is 2.35. The molecule has 8 nitrogen and oxygen atoms in total. The van der Waals surface area contributed by atoms with Crippen molar-refractivity contribution in [1.82, 2.24) is 15.1 Å². The number of likely N-dealkylation sites (tertiary alicyclic amines) is 1. The first-order valence-corrected chi connectivity index (χ1v) is 11.3. The van der Waals surface area contributed by atoms with Crippen molar-refractivity contribution in [3.63, 3.8) is 0 Å². The molecule has 0 bridgehead atoms. The maximum atomic E-state index is 13.0. The molecule has 2 N–H and O–H groups in total. The minimum atomic E-state index is -0.366. The van der Waals surface area contributed by atoms with Crippen LogP contribution in [-0.2, 0) is 0 Å². The number of benzene rings is 2. The zero-order chi connectivity index (χ0) is 22.7. The number of methoxy groups -OCH3 is 1. The second-order valence-corrected chi connectivity index (χ2v) is 8.84. The lowest BCUT2D eigenvalue weighted by Gasteiger charge is -2.23. The lowest BCUT2D eigenvalue weighted by molar-refractivity contribution is 0.102. The van der Waals surface area contributed by atoms with Crippen molar-refractivity contribution < 1.29 is 14.3 Å². The van der Waals surface area contributed by atoms with Gasteiger partial charge < -0.3 is 20.3 Å². The number of carbonyl (C=O) groups is 2. The molecule has 32 heavy (non-hydrogen) atoms. The van der Waals surface area contributed by atoms with Crippen molar-refractivity contribution in [3.05, 3.63) is 63.1 Å². The van der Waals surface area contributed by atoms with E-state index in [-0.39, 0.29) is 23.0 Å². The lowest BCUT2D eigenvalue weighted by Crippen LogP contribution is -2.34. The van der Waals surface area contributed by atoms with Gasteiger partial charge in [-0.3, -0.25) is 4.79 Å². The number of urea groups is 1. The molecule has 1 fully saturated rings. The van der Waals surface area contributed by atoms with Gasteiger partial charge in [-0.2, -0.15) is 0 Å². The molecule has 1 atom stereocenters. The molecule has 4 rings (SSSR count). The number of amides is 3. The molecular weight excluding hydrogens is 450 g/mol. The molecule has 1 aliphatic heterocycles. The van der Waals surface area contributed by atoms with Gasteiger partial charge in [0, 0.05) is 17.3 Å². The predicted octanol–water partition coefficient (Wildman–Crippen LogP) is 5.13. The zero-order valence-corrected chi connectivity index (χ0v) is 19.2. The quantitative estimate of drug-likeness (QED) is 0.537. The van der Waals surface area contributed by atoms with Gasteiger partial charge >= 0.3 is 6.03 Å². The highest BCUT2D eigenvalue weighted by Gasteiger charge is 2.33. The van der Waals surface area contributed by atoms with Crippen LogP contribution in [0.4, 0.5) is 16.2 Å². The van der Waals surface area contributed by atoms with Gasteiger partial charge in [-0.15, -0.1) is 10.2 Å². The smallest absolute Gasteiger partial charge is 0.322 e. The zero-order valence-electron chi connectivity index (χ0n) is 17.6. The maximum Gasteiger partial charge on any atom is 0.322 e. The molecule has 3 aromatic rings. The van der Waals surface area contributed by atoms with E-state index in [4.69, 9.17) is 16.3 Å². The number of carbonyl (C=O) groups excluding carboxylic acids is 2. The third kappa shape index (κ3) is 4.84. The SMILES string of the molecule is COc1ccc(C)cc1NC(=O)N1CCC[C@H]1c1nnc(C(=O)Nc2cccc(Cl)c2)s1. The molecule has 0 spiro atoms. The average molecular weight is 472 g/mol. The molecule has 2 aromatic carbocycles. The first kappa shape index (κ1) is 22.0. The number of nitrogens with one attached hydrogen (secondary N) is 2. The van der Waals surface area contributed by atoms with Gasteiger partial charge in [0.1, 0.15) is 10.8 Å². The van der Waals surface area contributed by atoms with Crippen LogP contribution in [0.3, 0.4) is 0 Å². The molecule has 10 heteroatoms. The number of aromatic nitrogens is 2. The van der Waals surface area contributed by atoms with E-state index in [1.54, 1.807) is 36.3 Å². The van der Waals surface area contributed by atoms with Crippen molar-refractivity contribution in [1.29, 1.82) is 0 Å². The Morgan fingerprint density at radius 2 is 2.03 bits per heavy atom. The van der Waals surface area contributed by atoms with Crippen LogP contribution < -0.4 is 15.4 Å². The number of rotatable bonds is 5. The third-order valence-corrected chi connectivity index (χ3v) is 6.37. The molecule has 2 heterocycles. The summed E-state index contributed by atoms with van der Waals surface area (Å²) in [6.45, 7) is 2.54. The van der Waals surface area contributed by atoms with E-state index in [1.807, 2.05) is 25.1 Å². The largest absolute Gasteiger partial charge is 0.495 e. The van der Waals surface area contributed by atoms with Gasteiger partial charge in [0.2, 0.25) is 5.01 Å². The summed E-state index contributed by atoms with van der Waals surface area (Å²) in [5, 5.41) is 15.3. The number of anilines is 2. The second-order valence-electron chi connectivity index (χ2n) is 7.40. The Morgan fingerprint density at radius 3 is 2.81 bits per heavy atom. The molecule has 0 unspecified atom stereocenters. The summed E-state index contributed by atoms with van der Waals surface area (Å²) >= 11 is 7.15. The highest BCUT2D eigenvalue weighted by atomic mass is 35.5. The number of aryl methyl sites for hydroxylation is 1. The Morgan fingerprint density at radius 1 is 1.19 bits per heavy atom. The second kappa shape index (κ2) is 9.54. The van der Waals surface area contributed by atoms with Crippen molar-refractivity contribution in [2.45, 2.75) is 25.8 Å². The van der Waals surface area contributed by atoms with Gasteiger partial charge in [0.15, 0.2) is 0 Å². The summed E-state index contributed by atoms with van der Waals surface area (Å²) in [6, 6.07) is 12.0. The van der Waals surface area contributed by atoms with E-state index in [2.05, 4.69) is 20.8 Å². The standard InChI is InChI=1S/C22H22ClN5O3S/c1-13-8-9-18(31-2)16(11-13)25-22(30)28-10-4-7-17(28)20-26-27-21(32-20)19(29)24-15-6-3-5-14(23)12-15/h3,5-6,8-9,11-12,17H,4,7,10H2,1-2H3,(H,24,29)(H,25,30)/t17-/m0/s1. The van der Waals surface area contributed by atoms with Crippen LogP contribution in [0.1, 0.15) is 39.3 Å². The first-order valence-electron chi connectivity index (χ1n) is 10.1. The van der Waals surface area contributed by atoms with Crippen LogP contribution in [0.25, 0.3) is 0 Å². The van der Waals surface area contributed by atoms with Gasteiger partial charge in [0.05, 0.1) is 18.8 Å². The number of hydrogen-bond acceptors (Lipinski definition) is 6. The highest BCUT2D eigenvalue weighted by molar-refractivity contribution is 7.13. The molecule has 1 aliphatic rings. The van der Waals surface area contributed by atoms with E-state index in [9.17, 15) is 9.59 Å². The normalized spacial score (nSPS) is 15.5. The van der Waals surface area contributed by atoms with Crippen LogP contribution in [0, 0.1) is 6.92 Å². The molecule has 1 saturated heterocycles. The lowest BCUT2D eigenvalue weighted by atomic mass is 10.2. The predicted molar refractivity (Wildman–Crippen MR) is 125 cm³/mol. The van der Waals surface area contributed by atoms with Gasteiger partial charge in [0.25, 0.3) is 5.91 Å². The van der Waals surface area contributed by atoms with E-state index in [0.29, 0.717) is 33.7 Å². The number of halogens is 1. The van der Waals surface area contributed by atoms with Gasteiger partial charge in [-0.25, -0.2) is 4.79 Å². The number of hydrogen-bond donors (Lipinski definition) is 2. The summed E-state index contributed by atoms with van der Waals surface area (Å²) in [4.78, 5) is 27.3. The van der Waals surface area contributed by atoms with Crippen LogP contribution in [0.15, 0.2) is 42.5 Å². The van der Waals surface area contributed by atoms with E-state index < -0.39 is 0 Å². The summed E-state index contributed by atoms with van der Waals surface area (Å²) in [5.74, 6) is 0.227.